The quantitative estimate of drug-likeness (QED) is 0.581. The van der Waals surface area contributed by atoms with Crippen LogP contribution in [0, 0.1) is 11.6 Å². The van der Waals surface area contributed by atoms with Crippen LogP contribution in [0.15, 0.2) is 60.9 Å². The van der Waals surface area contributed by atoms with E-state index in [1.807, 2.05) is 24.3 Å². The Morgan fingerprint density at radius 1 is 1.08 bits per heavy atom. The predicted molar refractivity (Wildman–Crippen MR) is 96.3 cm³/mol. The normalized spacial score (nSPS) is 12.4. The molecule has 2 heterocycles. The summed E-state index contributed by atoms with van der Waals surface area (Å²) in [7, 11) is 0. The largest absolute Gasteiger partial charge is 0.341 e. The summed E-state index contributed by atoms with van der Waals surface area (Å²) in [6.45, 7) is 0. The van der Waals surface area contributed by atoms with Crippen LogP contribution in [0.2, 0.25) is 0 Å². The van der Waals surface area contributed by atoms with Crippen molar-refractivity contribution in [3.63, 3.8) is 0 Å². The number of nitrogens with two attached hydrogens (primary N) is 1. The molecule has 0 fully saturated rings. The van der Waals surface area contributed by atoms with Gasteiger partial charge in [-0.1, -0.05) is 18.2 Å². The number of rotatable bonds is 4. The van der Waals surface area contributed by atoms with Crippen molar-refractivity contribution in [2.24, 2.45) is 5.73 Å². The molecule has 0 aliphatic heterocycles. The standard InChI is InChI=1S/C20H16F2N4/c21-14-3-1-2-12(8-14)9-17(23)20-25-18-5-4-13(10-19(18)26-20)15-6-7-24-11-16(15)22/h1-8,10-11,17H,9,23H2,(H,25,26). The van der Waals surface area contributed by atoms with Gasteiger partial charge in [0.15, 0.2) is 0 Å². The minimum absolute atomic E-state index is 0.289. The number of pyridine rings is 1. The molecule has 0 spiro atoms. The second-order valence-electron chi connectivity index (χ2n) is 6.15. The van der Waals surface area contributed by atoms with Crippen molar-refractivity contribution >= 4 is 11.0 Å². The molecule has 4 nitrogen and oxygen atoms in total. The molecule has 2 aromatic heterocycles. The Morgan fingerprint density at radius 2 is 1.96 bits per heavy atom. The van der Waals surface area contributed by atoms with Crippen molar-refractivity contribution in [2.45, 2.75) is 12.5 Å². The number of nitrogens with one attached hydrogen (secondary N) is 1. The van der Waals surface area contributed by atoms with Gasteiger partial charge in [0.1, 0.15) is 17.5 Å². The third-order valence-corrected chi connectivity index (χ3v) is 4.28. The predicted octanol–water partition coefficient (Wildman–Crippen LogP) is 4.15. The zero-order chi connectivity index (χ0) is 18.1. The van der Waals surface area contributed by atoms with E-state index >= 15 is 0 Å². The maximum absolute atomic E-state index is 13.9. The summed E-state index contributed by atoms with van der Waals surface area (Å²) in [6, 6.07) is 13.0. The molecule has 4 rings (SSSR count). The molecule has 0 bridgehead atoms. The lowest BCUT2D eigenvalue weighted by Gasteiger charge is -2.08. The van der Waals surface area contributed by atoms with E-state index in [2.05, 4.69) is 15.0 Å². The van der Waals surface area contributed by atoms with Crippen molar-refractivity contribution in [2.75, 3.05) is 0 Å². The van der Waals surface area contributed by atoms with Crippen LogP contribution in [-0.2, 0) is 6.42 Å². The van der Waals surface area contributed by atoms with Gasteiger partial charge in [0.25, 0.3) is 0 Å². The van der Waals surface area contributed by atoms with E-state index in [9.17, 15) is 8.78 Å². The molecular formula is C20H16F2N4. The molecule has 6 heteroatoms. The number of hydrogen-bond acceptors (Lipinski definition) is 3. The maximum Gasteiger partial charge on any atom is 0.149 e. The highest BCUT2D eigenvalue weighted by Gasteiger charge is 2.14. The van der Waals surface area contributed by atoms with Crippen LogP contribution in [-0.4, -0.2) is 15.0 Å². The van der Waals surface area contributed by atoms with Gasteiger partial charge in [-0.25, -0.2) is 13.8 Å². The monoisotopic (exact) mass is 350 g/mol. The number of benzene rings is 2. The third-order valence-electron chi connectivity index (χ3n) is 4.28. The van der Waals surface area contributed by atoms with Crippen molar-refractivity contribution in [3.8, 4) is 11.1 Å². The van der Waals surface area contributed by atoms with Gasteiger partial charge in [0.05, 0.1) is 23.3 Å². The van der Waals surface area contributed by atoms with Crippen LogP contribution >= 0.6 is 0 Å². The number of halogens is 2. The molecule has 0 aliphatic carbocycles. The zero-order valence-corrected chi connectivity index (χ0v) is 13.8. The van der Waals surface area contributed by atoms with Crippen LogP contribution in [0.3, 0.4) is 0 Å². The summed E-state index contributed by atoms with van der Waals surface area (Å²) in [5.74, 6) is -0.0608. The lowest BCUT2D eigenvalue weighted by Crippen LogP contribution is -2.15. The fourth-order valence-electron chi connectivity index (χ4n) is 3.00. The second-order valence-corrected chi connectivity index (χ2v) is 6.15. The average molecular weight is 350 g/mol. The molecule has 1 atom stereocenters. The van der Waals surface area contributed by atoms with Crippen LogP contribution in [0.4, 0.5) is 8.78 Å². The number of hydrogen-bond donors (Lipinski definition) is 2. The van der Waals surface area contributed by atoms with E-state index < -0.39 is 6.04 Å². The van der Waals surface area contributed by atoms with Crippen molar-refractivity contribution in [1.29, 1.82) is 0 Å². The molecule has 0 radical (unpaired) electrons. The Kier molecular flexibility index (Phi) is 4.18. The van der Waals surface area contributed by atoms with Crippen LogP contribution in [0.1, 0.15) is 17.4 Å². The Bertz CT molecular complexity index is 1070. The summed E-state index contributed by atoms with van der Waals surface area (Å²) in [5.41, 5.74) is 9.75. The fourth-order valence-corrected chi connectivity index (χ4v) is 3.00. The summed E-state index contributed by atoms with van der Waals surface area (Å²) in [5, 5.41) is 0. The molecule has 0 saturated carbocycles. The molecule has 0 aliphatic rings. The SMILES string of the molecule is NC(Cc1cccc(F)c1)c1nc2ccc(-c3ccncc3F)cc2[nH]1. The highest BCUT2D eigenvalue weighted by atomic mass is 19.1. The number of fused-ring (bicyclic) bond motifs is 1. The summed E-state index contributed by atoms with van der Waals surface area (Å²) in [6.07, 6.45) is 3.20. The number of H-pyrrole nitrogens is 1. The van der Waals surface area contributed by atoms with Gasteiger partial charge in [0, 0.05) is 11.8 Å². The first-order valence-corrected chi connectivity index (χ1v) is 8.20. The minimum atomic E-state index is -0.398. The summed E-state index contributed by atoms with van der Waals surface area (Å²) < 4.78 is 27.3. The van der Waals surface area contributed by atoms with E-state index in [1.54, 1.807) is 18.3 Å². The van der Waals surface area contributed by atoms with Crippen LogP contribution in [0.25, 0.3) is 22.2 Å². The molecular weight excluding hydrogens is 334 g/mol. The first kappa shape index (κ1) is 16.4. The Hall–Kier alpha value is -3.12. The first-order chi connectivity index (χ1) is 12.6. The zero-order valence-electron chi connectivity index (χ0n) is 13.8. The topological polar surface area (TPSA) is 67.6 Å². The lowest BCUT2D eigenvalue weighted by molar-refractivity contribution is 0.619. The molecule has 4 aromatic rings. The second kappa shape index (κ2) is 6.65. The number of imidazole rings is 1. The molecule has 26 heavy (non-hydrogen) atoms. The van der Waals surface area contributed by atoms with Gasteiger partial charge >= 0.3 is 0 Å². The first-order valence-electron chi connectivity index (χ1n) is 8.20. The van der Waals surface area contributed by atoms with Gasteiger partial charge in [-0.3, -0.25) is 4.98 Å². The highest BCUT2D eigenvalue weighted by Crippen LogP contribution is 2.26. The molecule has 0 saturated heterocycles. The average Bonchev–Trinajstić information content (AvgIpc) is 3.05. The third kappa shape index (κ3) is 3.19. The highest BCUT2D eigenvalue weighted by molar-refractivity contribution is 5.82. The lowest BCUT2D eigenvalue weighted by atomic mass is 10.1. The molecule has 0 amide bonds. The van der Waals surface area contributed by atoms with Crippen molar-refractivity contribution in [1.82, 2.24) is 15.0 Å². The van der Waals surface area contributed by atoms with Gasteiger partial charge < -0.3 is 10.7 Å². The van der Waals surface area contributed by atoms with E-state index in [1.165, 1.54) is 18.3 Å². The molecule has 2 aromatic carbocycles. The molecule has 130 valence electrons. The van der Waals surface area contributed by atoms with Crippen LogP contribution in [0.5, 0.6) is 0 Å². The minimum Gasteiger partial charge on any atom is -0.341 e. The Morgan fingerprint density at radius 3 is 2.77 bits per heavy atom. The molecule has 3 N–H and O–H groups in total. The van der Waals surface area contributed by atoms with E-state index in [4.69, 9.17) is 5.73 Å². The van der Waals surface area contributed by atoms with Crippen LogP contribution < -0.4 is 5.73 Å². The smallest absolute Gasteiger partial charge is 0.149 e. The number of aromatic nitrogens is 3. The Balaban J connectivity index is 1.64. The van der Waals surface area contributed by atoms with Crippen molar-refractivity contribution < 1.29 is 8.78 Å². The van der Waals surface area contributed by atoms with E-state index in [-0.39, 0.29) is 11.6 Å². The maximum atomic E-state index is 13.9. The summed E-state index contributed by atoms with van der Waals surface area (Å²) >= 11 is 0. The van der Waals surface area contributed by atoms with Crippen molar-refractivity contribution in [3.05, 3.63) is 83.9 Å². The number of nitrogens with zero attached hydrogens (tertiary/aromatic N) is 2. The van der Waals surface area contributed by atoms with Gasteiger partial charge in [-0.05, 0) is 47.9 Å². The Labute approximate surface area is 148 Å². The van der Waals surface area contributed by atoms with Gasteiger partial charge in [-0.15, -0.1) is 0 Å². The van der Waals surface area contributed by atoms with E-state index in [0.717, 1.165) is 22.2 Å². The van der Waals surface area contributed by atoms with Gasteiger partial charge in [-0.2, -0.15) is 0 Å². The van der Waals surface area contributed by atoms with Gasteiger partial charge in [0.2, 0.25) is 0 Å². The molecule has 1 unspecified atom stereocenters. The number of aromatic amines is 1. The fraction of sp³-hybridized carbons (Fsp3) is 0.100. The van der Waals surface area contributed by atoms with E-state index in [0.29, 0.717) is 17.8 Å². The summed E-state index contributed by atoms with van der Waals surface area (Å²) in [4.78, 5) is 11.5.